The average Bonchev–Trinajstić information content (AvgIpc) is 1.99. The van der Waals surface area contributed by atoms with E-state index >= 15 is 0 Å². The van der Waals surface area contributed by atoms with E-state index in [4.69, 9.17) is 5.11 Å². The molecule has 0 heterocycles. The van der Waals surface area contributed by atoms with Crippen LogP contribution in [-0.4, -0.2) is 41.1 Å². The molecule has 0 unspecified atom stereocenters. The highest BCUT2D eigenvalue weighted by Gasteiger charge is 2.24. The van der Waals surface area contributed by atoms with Crippen molar-refractivity contribution in [2.24, 2.45) is 0 Å². The number of carboxylic acid groups (broad SMARTS) is 1. The van der Waals surface area contributed by atoms with E-state index in [1.54, 1.807) is 20.9 Å². The molecule has 0 bridgehead atoms. The van der Waals surface area contributed by atoms with Gasteiger partial charge in [0.2, 0.25) is 0 Å². The van der Waals surface area contributed by atoms with Crippen LogP contribution in [-0.2, 0) is 4.79 Å². The lowest BCUT2D eigenvalue weighted by atomic mass is 10.0. The normalized spacial score (nSPS) is 10.9. The molecule has 0 aromatic heterocycles. The van der Waals surface area contributed by atoms with Crippen molar-refractivity contribution in [3.63, 3.8) is 0 Å². The quantitative estimate of drug-likeness (QED) is 0.711. The third-order valence-corrected chi connectivity index (χ3v) is 1.86. The summed E-state index contributed by atoms with van der Waals surface area (Å²) in [5.74, 6) is -0.922. The third-order valence-electron chi connectivity index (χ3n) is 1.86. The van der Waals surface area contributed by atoms with E-state index < -0.39 is 11.5 Å². The predicted molar refractivity (Wildman–Crippen MR) is 53.2 cm³/mol. The van der Waals surface area contributed by atoms with Gasteiger partial charge in [0.25, 0.3) is 0 Å². The average molecular weight is 202 g/mol. The number of carbonyl (C=O) groups is 2. The number of nitrogens with one attached hydrogen (secondary N) is 1. The second-order valence-electron chi connectivity index (χ2n) is 3.90. The van der Waals surface area contributed by atoms with Crippen LogP contribution in [0, 0.1) is 0 Å². The Kier molecular flexibility index (Phi) is 4.40. The zero-order valence-electron chi connectivity index (χ0n) is 9.13. The Balaban J connectivity index is 4.21. The first-order valence-corrected chi connectivity index (χ1v) is 4.53. The van der Waals surface area contributed by atoms with Crippen LogP contribution in [0.3, 0.4) is 0 Å². The fraction of sp³-hybridized carbons (Fsp3) is 0.778. The van der Waals surface area contributed by atoms with Crippen LogP contribution < -0.4 is 5.32 Å². The molecule has 0 aliphatic carbocycles. The largest absolute Gasteiger partial charge is 0.481 e. The lowest BCUT2D eigenvalue weighted by molar-refractivity contribution is -0.138. The summed E-state index contributed by atoms with van der Waals surface area (Å²) in [6.45, 7) is 5.81. The molecule has 0 rings (SSSR count). The number of nitrogens with zero attached hydrogens (tertiary/aromatic N) is 1. The van der Waals surface area contributed by atoms with Crippen molar-refractivity contribution in [3.8, 4) is 0 Å². The maximum absolute atomic E-state index is 11.4. The number of hydrogen-bond acceptors (Lipinski definition) is 2. The van der Waals surface area contributed by atoms with E-state index in [0.29, 0.717) is 6.54 Å². The second-order valence-corrected chi connectivity index (χ2v) is 3.90. The Morgan fingerprint density at radius 2 is 1.93 bits per heavy atom. The Hall–Kier alpha value is -1.26. The van der Waals surface area contributed by atoms with Gasteiger partial charge in [-0.2, -0.15) is 0 Å². The minimum atomic E-state index is -0.922. The van der Waals surface area contributed by atoms with E-state index in [1.165, 1.54) is 4.90 Å². The molecule has 0 saturated carbocycles. The summed E-state index contributed by atoms with van der Waals surface area (Å²) in [7, 11) is 1.66. The first-order valence-electron chi connectivity index (χ1n) is 4.53. The van der Waals surface area contributed by atoms with E-state index in [-0.39, 0.29) is 12.5 Å². The van der Waals surface area contributed by atoms with Gasteiger partial charge in [-0.25, -0.2) is 4.79 Å². The molecule has 2 amide bonds. The molecule has 5 heteroatoms. The van der Waals surface area contributed by atoms with Gasteiger partial charge in [0.1, 0.15) is 0 Å². The van der Waals surface area contributed by atoms with Crippen molar-refractivity contribution < 1.29 is 14.7 Å². The molecular weight excluding hydrogens is 184 g/mol. The highest BCUT2D eigenvalue weighted by molar-refractivity contribution is 5.76. The summed E-state index contributed by atoms with van der Waals surface area (Å²) in [4.78, 5) is 23.4. The molecule has 0 saturated heterocycles. The van der Waals surface area contributed by atoms with Crippen molar-refractivity contribution in [3.05, 3.63) is 0 Å². The maximum Gasteiger partial charge on any atom is 0.317 e. The van der Waals surface area contributed by atoms with Crippen LogP contribution in [0.15, 0.2) is 0 Å². The number of carboxylic acids is 1. The number of carbonyl (C=O) groups excluding carboxylic acids is 1. The van der Waals surface area contributed by atoms with Crippen molar-refractivity contribution in [1.82, 2.24) is 10.2 Å². The van der Waals surface area contributed by atoms with Gasteiger partial charge in [-0.05, 0) is 20.8 Å². The number of hydrogen-bond donors (Lipinski definition) is 2. The van der Waals surface area contributed by atoms with Gasteiger partial charge in [0, 0.05) is 19.1 Å². The van der Waals surface area contributed by atoms with E-state index in [0.717, 1.165) is 0 Å². The van der Waals surface area contributed by atoms with Crippen LogP contribution in [0.4, 0.5) is 4.79 Å². The molecule has 82 valence electrons. The van der Waals surface area contributed by atoms with Crippen LogP contribution >= 0.6 is 0 Å². The molecule has 0 spiro atoms. The third kappa shape index (κ3) is 4.69. The van der Waals surface area contributed by atoms with Gasteiger partial charge >= 0.3 is 12.0 Å². The molecule has 0 aromatic carbocycles. The molecule has 0 radical (unpaired) electrons. The topological polar surface area (TPSA) is 69.6 Å². The van der Waals surface area contributed by atoms with Crippen molar-refractivity contribution in [1.29, 1.82) is 0 Å². The van der Waals surface area contributed by atoms with Gasteiger partial charge in [-0.3, -0.25) is 4.79 Å². The zero-order chi connectivity index (χ0) is 11.4. The molecule has 0 atom stereocenters. The van der Waals surface area contributed by atoms with Gasteiger partial charge in [-0.15, -0.1) is 0 Å². The van der Waals surface area contributed by atoms with E-state index in [2.05, 4.69) is 5.32 Å². The minimum Gasteiger partial charge on any atom is -0.481 e. The van der Waals surface area contributed by atoms with Crippen molar-refractivity contribution in [2.45, 2.75) is 32.7 Å². The summed E-state index contributed by atoms with van der Waals surface area (Å²) < 4.78 is 0. The minimum absolute atomic E-state index is 0.0870. The molecule has 0 aliphatic rings. The Bertz CT molecular complexity index is 226. The van der Waals surface area contributed by atoms with E-state index in [9.17, 15) is 9.59 Å². The first kappa shape index (κ1) is 12.7. The zero-order valence-corrected chi connectivity index (χ0v) is 9.13. The second kappa shape index (κ2) is 4.83. The predicted octanol–water partition coefficient (Wildman–Crippen LogP) is 0.901. The first-order chi connectivity index (χ1) is 6.28. The molecule has 14 heavy (non-hydrogen) atoms. The molecule has 5 nitrogen and oxygen atoms in total. The van der Waals surface area contributed by atoms with Gasteiger partial charge < -0.3 is 15.3 Å². The molecular formula is C9H18N2O3. The number of urea groups is 1. The van der Waals surface area contributed by atoms with E-state index in [1.807, 2.05) is 6.92 Å². The molecule has 2 N–H and O–H groups in total. The van der Waals surface area contributed by atoms with Gasteiger partial charge in [0.15, 0.2) is 0 Å². The standard InChI is InChI=1S/C9H18N2O3/c1-5-11(4)8(14)10-9(2,3)6-7(12)13/h5-6H2,1-4H3,(H,10,14)(H,12,13). The SMILES string of the molecule is CCN(C)C(=O)NC(C)(C)CC(=O)O. The van der Waals surface area contributed by atoms with Crippen molar-refractivity contribution in [2.75, 3.05) is 13.6 Å². The fourth-order valence-corrected chi connectivity index (χ4v) is 0.951. The number of rotatable bonds is 4. The van der Waals surface area contributed by atoms with Gasteiger partial charge in [-0.1, -0.05) is 0 Å². The highest BCUT2D eigenvalue weighted by Crippen LogP contribution is 2.08. The number of aliphatic carboxylic acids is 1. The summed E-state index contributed by atoms with van der Waals surface area (Å²) in [5.41, 5.74) is -0.716. The monoisotopic (exact) mass is 202 g/mol. The van der Waals surface area contributed by atoms with Crippen LogP contribution in [0.1, 0.15) is 27.2 Å². The molecule has 0 aliphatic heterocycles. The summed E-state index contributed by atoms with van der Waals surface area (Å²) in [5, 5.41) is 11.2. The fourth-order valence-electron chi connectivity index (χ4n) is 0.951. The van der Waals surface area contributed by atoms with Crippen LogP contribution in [0.2, 0.25) is 0 Å². The lowest BCUT2D eigenvalue weighted by Gasteiger charge is -2.27. The molecule has 0 fully saturated rings. The van der Waals surface area contributed by atoms with Crippen molar-refractivity contribution >= 4 is 12.0 Å². The summed E-state index contributed by atoms with van der Waals surface area (Å²) in [6, 6.07) is -0.251. The highest BCUT2D eigenvalue weighted by atomic mass is 16.4. The van der Waals surface area contributed by atoms with Crippen LogP contribution in [0.25, 0.3) is 0 Å². The van der Waals surface area contributed by atoms with Crippen LogP contribution in [0.5, 0.6) is 0 Å². The maximum atomic E-state index is 11.4. The number of amides is 2. The summed E-state index contributed by atoms with van der Waals surface area (Å²) in [6.07, 6.45) is -0.0870. The smallest absolute Gasteiger partial charge is 0.317 e. The van der Waals surface area contributed by atoms with Gasteiger partial charge in [0.05, 0.1) is 6.42 Å². The Morgan fingerprint density at radius 3 is 2.29 bits per heavy atom. The Labute approximate surface area is 84.1 Å². The Morgan fingerprint density at radius 1 is 1.43 bits per heavy atom. The summed E-state index contributed by atoms with van der Waals surface area (Å²) >= 11 is 0. The lowest BCUT2D eigenvalue weighted by Crippen LogP contribution is -2.49. The molecule has 0 aromatic rings.